The van der Waals surface area contributed by atoms with Gasteiger partial charge in [-0.1, -0.05) is 104 Å². The van der Waals surface area contributed by atoms with Gasteiger partial charge in [-0.2, -0.15) is 0 Å². The minimum absolute atomic E-state index is 0.00996. The van der Waals surface area contributed by atoms with E-state index in [-0.39, 0.29) is 34.4 Å². The Labute approximate surface area is 495 Å². The fraction of sp³-hybridized carbons (Fsp3) is 0.419. The SMILES string of the molecule is CCCCO[C@@H]1OC(COC(=O)c2ccccc2)[C@@H](O[C@H](OC(CO[C@]2(C(=O)OC)C[C@@H](O)[C@@H](N)C([C@H](O)[C@H](O)CO)O2)[C@H](O)COC(=O)c2ccccc2)[C@H](C)OC(=O)c2ccccc2)C(OC(=O)c2ccccc2)[C@@H]1OC(=O)c1ccccc1. The highest BCUT2D eigenvalue weighted by atomic mass is 16.8. The number of rotatable bonds is 29. The van der Waals surface area contributed by atoms with Crippen molar-refractivity contribution in [3.05, 3.63) is 179 Å². The first-order valence-electron chi connectivity index (χ1n) is 27.8. The molecule has 462 valence electrons. The molecule has 86 heavy (non-hydrogen) atoms. The van der Waals surface area contributed by atoms with Gasteiger partial charge in [-0.25, -0.2) is 28.8 Å². The molecule has 0 radical (unpaired) electrons. The Balaban J connectivity index is 1.37. The van der Waals surface area contributed by atoms with Gasteiger partial charge in [0.25, 0.3) is 5.79 Å². The first-order valence-corrected chi connectivity index (χ1v) is 27.8. The van der Waals surface area contributed by atoms with E-state index in [0.29, 0.717) is 12.8 Å². The number of carbonyl (C=O) groups excluding carboxylic acids is 6. The molecule has 7 N–H and O–H groups in total. The fourth-order valence-electron chi connectivity index (χ4n) is 9.13. The number of ether oxygens (including phenoxy) is 12. The number of methoxy groups -OCH3 is 1. The highest BCUT2D eigenvalue weighted by Gasteiger charge is 2.57. The van der Waals surface area contributed by atoms with Gasteiger partial charge < -0.3 is 88.1 Å². The molecular weight excluding hydrogens is 1130 g/mol. The van der Waals surface area contributed by atoms with Crippen LogP contribution in [0.15, 0.2) is 152 Å². The molecule has 2 aliphatic heterocycles. The maximum Gasteiger partial charge on any atom is 0.366 e. The fourth-order valence-corrected chi connectivity index (χ4v) is 9.13. The molecule has 2 saturated heterocycles. The van der Waals surface area contributed by atoms with E-state index in [9.17, 15) is 54.3 Å². The zero-order valence-corrected chi connectivity index (χ0v) is 47.3. The average molecular weight is 1200 g/mol. The number of aliphatic hydroxyl groups is 5. The third-order valence-electron chi connectivity index (χ3n) is 13.9. The van der Waals surface area contributed by atoms with Crippen molar-refractivity contribution in [2.24, 2.45) is 5.73 Å². The number of unbranched alkanes of at least 4 members (excludes halogenated alkanes) is 1. The number of benzene rings is 5. The van der Waals surface area contributed by atoms with Gasteiger partial charge in [0.2, 0.25) is 0 Å². The molecule has 7 rings (SSSR count). The highest BCUT2D eigenvalue weighted by Crippen LogP contribution is 2.36. The molecule has 0 spiro atoms. The summed E-state index contributed by atoms with van der Waals surface area (Å²) in [5, 5.41) is 54.8. The number of aliphatic hydroxyl groups excluding tert-OH is 5. The largest absolute Gasteiger partial charge is 0.465 e. The number of hydrogen-bond donors (Lipinski definition) is 6. The van der Waals surface area contributed by atoms with Crippen molar-refractivity contribution in [1.82, 2.24) is 0 Å². The molecule has 15 atom stereocenters. The highest BCUT2D eigenvalue weighted by molar-refractivity contribution is 5.91. The van der Waals surface area contributed by atoms with Crippen molar-refractivity contribution in [2.75, 3.05) is 40.1 Å². The summed E-state index contributed by atoms with van der Waals surface area (Å²) in [6, 6.07) is 37.2. The van der Waals surface area contributed by atoms with E-state index in [4.69, 9.17) is 62.6 Å². The van der Waals surface area contributed by atoms with E-state index in [1.54, 1.807) is 91.0 Å². The van der Waals surface area contributed by atoms with Crippen molar-refractivity contribution in [2.45, 2.75) is 125 Å². The van der Waals surface area contributed by atoms with Gasteiger partial charge in [0.1, 0.15) is 55.9 Å². The minimum Gasteiger partial charge on any atom is -0.465 e. The minimum atomic E-state index is -2.75. The second-order valence-electron chi connectivity index (χ2n) is 20.1. The van der Waals surface area contributed by atoms with Gasteiger partial charge >= 0.3 is 35.8 Å². The van der Waals surface area contributed by atoms with Crippen LogP contribution < -0.4 is 5.73 Å². The summed E-state index contributed by atoms with van der Waals surface area (Å²) in [6.45, 7) is -0.434. The number of esters is 6. The molecule has 5 aromatic rings. The van der Waals surface area contributed by atoms with Gasteiger partial charge in [-0.15, -0.1) is 0 Å². The lowest BCUT2D eigenvalue weighted by molar-refractivity contribution is -0.345. The van der Waals surface area contributed by atoms with E-state index in [1.807, 2.05) is 6.92 Å². The van der Waals surface area contributed by atoms with Gasteiger partial charge in [-0.3, -0.25) is 0 Å². The molecule has 2 fully saturated rings. The van der Waals surface area contributed by atoms with Crippen LogP contribution in [0.25, 0.3) is 0 Å². The van der Waals surface area contributed by atoms with Crippen LogP contribution >= 0.6 is 0 Å². The smallest absolute Gasteiger partial charge is 0.366 e. The lowest BCUT2D eigenvalue weighted by Crippen LogP contribution is -2.67. The van der Waals surface area contributed by atoms with E-state index < -0.39 is 160 Å². The second-order valence-corrected chi connectivity index (χ2v) is 20.1. The van der Waals surface area contributed by atoms with Crippen molar-refractivity contribution >= 4 is 35.8 Å². The van der Waals surface area contributed by atoms with Gasteiger partial charge in [0.05, 0.1) is 60.3 Å². The summed E-state index contributed by atoms with van der Waals surface area (Å²) in [4.78, 5) is 83.9. The van der Waals surface area contributed by atoms with Gasteiger partial charge in [0.15, 0.2) is 30.9 Å². The molecule has 2 heterocycles. The Morgan fingerprint density at radius 3 is 1.64 bits per heavy atom. The Bertz CT molecular complexity index is 2930. The monoisotopic (exact) mass is 1200 g/mol. The van der Waals surface area contributed by atoms with Crippen LogP contribution in [-0.4, -0.2) is 193 Å². The van der Waals surface area contributed by atoms with Crippen molar-refractivity contribution in [1.29, 1.82) is 0 Å². The van der Waals surface area contributed by atoms with E-state index in [2.05, 4.69) is 0 Å². The quantitative estimate of drug-likeness (QED) is 0.0173. The van der Waals surface area contributed by atoms with Crippen LogP contribution in [0.3, 0.4) is 0 Å². The lowest BCUT2D eigenvalue weighted by atomic mass is 9.89. The molecule has 0 aliphatic carbocycles. The molecule has 0 bridgehead atoms. The Hall–Kier alpha value is -7.56. The summed E-state index contributed by atoms with van der Waals surface area (Å²) < 4.78 is 73.5. The molecule has 0 amide bonds. The molecule has 24 heteroatoms. The summed E-state index contributed by atoms with van der Waals surface area (Å²) in [7, 11) is 0.939. The molecule has 4 unspecified atom stereocenters. The van der Waals surface area contributed by atoms with Crippen LogP contribution in [0.1, 0.15) is 84.9 Å². The van der Waals surface area contributed by atoms with E-state index >= 15 is 0 Å². The molecule has 24 nitrogen and oxygen atoms in total. The van der Waals surface area contributed by atoms with Crippen LogP contribution in [0.2, 0.25) is 0 Å². The summed E-state index contributed by atoms with van der Waals surface area (Å²) in [5.41, 5.74) is 6.53. The van der Waals surface area contributed by atoms with Crippen LogP contribution in [0.4, 0.5) is 0 Å². The zero-order valence-electron chi connectivity index (χ0n) is 47.3. The Morgan fingerprint density at radius 2 is 1.14 bits per heavy atom. The van der Waals surface area contributed by atoms with Crippen molar-refractivity contribution in [3.8, 4) is 0 Å². The predicted octanol–water partition coefficient (Wildman–Crippen LogP) is 3.47. The standard InChI is InChI=1S/C62H71NO23/c1-4-5-31-76-60-53(84-58(73)42-29-19-10-20-30-42)52(83-57(72)41-27-17-9-18-28-41)50(47(82-60)35-78-55(70)39-23-13-7-14-24-39)85-59(37(2)80-56(71)40-25-15-8-16-26-40)81-46(45(67)34-77-54(69)38-21-11-6-12-22-38)36-79-62(61(74)75-3)32-43(65)48(63)51(86-62)49(68)44(66)33-64/h6-30,37,43-53,59-60,64-68H,4-5,31-36,63H2,1-3H3/t37-,43+,44+,45+,46?,47?,48+,49+,50+,51?,52?,53-,59-,60+,62+/m0/s1. The van der Waals surface area contributed by atoms with Crippen molar-refractivity contribution < 1.29 is 111 Å². The maximum absolute atomic E-state index is 14.5. The Morgan fingerprint density at radius 1 is 0.651 bits per heavy atom. The second kappa shape index (κ2) is 32.3. The molecule has 2 aliphatic rings. The summed E-state index contributed by atoms with van der Waals surface area (Å²) in [5.74, 6) is -8.70. The first kappa shape index (κ1) is 66.0. The lowest BCUT2D eigenvalue weighted by Gasteiger charge is -2.47. The van der Waals surface area contributed by atoms with Crippen LogP contribution in [0.5, 0.6) is 0 Å². The van der Waals surface area contributed by atoms with Crippen LogP contribution in [-0.2, 0) is 61.6 Å². The molecule has 5 aromatic carbocycles. The molecule has 0 aromatic heterocycles. The van der Waals surface area contributed by atoms with Crippen molar-refractivity contribution in [3.63, 3.8) is 0 Å². The third kappa shape index (κ3) is 17.6. The normalized spacial score (nSPS) is 24.1. The number of carbonyl (C=O) groups is 6. The predicted molar refractivity (Wildman–Crippen MR) is 298 cm³/mol. The third-order valence-corrected chi connectivity index (χ3v) is 13.9. The number of hydrogen-bond acceptors (Lipinski definition) is 24. The average Bonchev–Trinajstić information content (AvgIpc) is 1.76. The van der Waals surface area contributed by atoms with Gasteiger partial charge in [0, 0.05) is 13.0 Å². The Kier molecular flexibility index (Phi) is 24.7. The van der Waals surface area contributed by atoms with E-state index in [0.717, 1.165) is 7.11 Å². The number of nitrogens with two attached hydrogens (primary N) is 1. The van der Waals surface area contributed by atoms with Gasteiger partial charge in [-0.05, 0) is 74.0 Å². The molecular formula is C62H71NO23. The van der Waals surface area contributed by atoms with E-state index in [1.165, 1.54) is 67.6 Å². The maximum atomic E-state index is 14.5. The first-order chi connectivity index (χ1) is 41.5. The summed E-state index contributed by atoms with van der Waals surface area (Å²) >= 11 is 0. The topological polar surface area (TPSA) is 340 Å². The van der Waals surface area contributed by atoms with Crippen LogP contribution in [0, 0.1) is 0 Å². The summed E-state index contributed by atoms with van der Waals surface area (Å²) in [6.07, 6.45) is -23.5. The zero-order chi connectivity index (χ0) is 61.8. The molecule has 0 saturated carbocycles.